The molecular formula is C10H23N3O3S. The third-order valence-corrected chi connectivity index (χ3v) is 5.21. The zero-order valence-corrected chi connectivity index (χ0v) is 11.2. The first-order valence-corrected chi connectivity index (χ1v) is 7.47. The molecule has 0 atom stereocenters. The van der Waals surface area contributed by atoms with Gasteiger partial charge in [0.05, 0.1) is 6.61 Å². The van der Waals surface area contributed by atoms with E-state index in [2.05, 4.69) is 0 Å². The van der Waals surface area contributed by atoms with Gasteiger partial charge in [-0.2, -0.15) is 17.0 Å². The van der Waals surface area contributed by atoms with Crippen LogP contribution in [0, 0.1) is 0 Å². The quantitative estimate of drug-likeness (QED) is 0.611. The molecule has 1 rings (SSSR count). The van der Waals surface area contributed by atoms with Crippen LogP contribution >= 0.6 is 0 Å². The Morgan fingerprint density at radius 2 is 2.00 bits per heavy atom. The molecule has 3 N–H and O–H groups in total. The van der Waals surface area contributed by atoms with Crippen LogP contribution in [-0.4, -0.2) is 61.5 Å². The molecule has 0 aromatic carbocycles. The minimum atomic E-state index is -3.44. The summed E-state index contributed by atoms with van der Waals surface area (Å²) in [5.41, 5.74) is 5.38. The first kappa shape index (κ1) is 14.8. The van der Waals surface area contributed by atoms with Gasteiger partial charge in [-0.25, -0.2) is 0 Å². The van der Waals surface area contributed by atoms with Gasteiger partial charge >= 0.3 is 0 Å². The van der Waals surface area contributed by atoms with E-state index in [1.807, 2.05) is 0 Å². The second-order valence-electron chi connectivity index (χ2n) is 4.39. The third kappa shape index (κ3) is 3.62. The summed E-state index contributed by atoms with van der Waals surface area (Å²) in [6.45, 7) is 0.942. The average Bonchev–Trinajstić information content (AvgIpc) is 2.22. The number of rotatable bonds is 8. The van der Waals surface area contributed by atoms with Crippen molar-refractivity contribution in [1.82, 2.24) is 8.61 Å². The second-order valence-corrected chi connectivity index (χ2v) is 6.38. The maximum atomic E-state index is 12.3. The molecule has 0 bridgehead atoms. The monoisotopic (exact) mass is 265 g/mol. The van der Waals surface area contributed by atoms with Gasteiger partial charge in [0.25, 0.3) is 10.2 Å². The van der Waals surface area contributed by atoms with Crippen LogP contribution in [0.25, 0.3) is 0 Å². The van der Waals surface area contributed by atoms with E-state index in [4.69, 9.17) is 10.8 Å². The van der Waals surface area contributed by atoms with Gasteiger partial charge < -0.3 is 10.8 Å². The standard InChI is InChI=1S/C10H23N3O3S/c1-12(7-3-6-11)17(15,16)13(8-9-14)10-4-2-5-10/h10,14H,2-9,11H2,1H3. The van der Waals surface area contributed by atoms with Gasteiger partial charge in [-0.05, 0) is 25.8 Å². The molecule has 1 aliphatic carbocycles. The highest BCUT2D eigenvalue weighted by Crippen LogP contribution is 2.27. The minimum absolute atomic E-state index is 0.0625. The molecule has 0 aromatic heterocycles. The Hall–Kier alpha value is -0.210. The summed E-state index contributed by atoms with van der Waals surface area (Å²) >= 11 is 0. The molecule has 1 fully saturated rings. The predicted octanol–water partition coefficient (Wildman–Crippen LogP) is -0.641. The summed E-state index contributed by atoms with van der Waals surface area (Å²) in [7, 11) is -1.88. The zero-order valence-electron chi connectivity index (χ0n) is 10.4. The molecule has 0 saturated heterocycles. The minimum Gasteiger partial charge on any atom is -0.395 e. The third-order valence-electron chi connectivity index (χ3n) is 3.17. The molecule has 0 radical (unpaired) electrons. The van der Waals surface area contributed by atoms with Crippen molar-refractivity contribution in [2.75, 3.05) is 33.3 Å². The van der Waals surface area contributed by atoms with E-state index < -0.39 is 10.2 Å². The maximum Gasteiger partial charge on any atom is 0.282 e. The summed E-state index contributed by atoms with van der Waals surface area (Å²) in [5.74, 6) is 0. The molecule has 0 spiro atoms. The van der Waals surface area contributed by atoms with E-state index in [-0.39, 0.29) is 19.2 Å². The number of nitrogens with two attached hydrogens (primary N) is 1. The van der Waals surface area contributed by atoms with Crippen LogP contribution in [0.2, 0.25) is 0 Å². The van der Waals surface area contributed by atoms with Gasteiger partial charge in [0, 0.05) is 26.2 Å². The van der Waals surface area contributed by atoms with Crippen molar-refractivity contribution < 1.29 is 13.5 Å². The lowest BCUT2D eigenvalue weighted by molar-refractivity contribution is 0.170. The summed E-state index contributed by atoms with van der Waals surface area (Å²) in [5, 5.41) is 8.98. The molecule has 102 valence electrons. The van der Waals surface area contributed by atoms with Crippen molar-refractivity contribution in [1.29, 1.82) is 0 Å². The fourth-order valence-corrected chi connectivity index (χ4v) is 3.49. The fraction of sp³-hybridized carbons (Fsp3) is 1.00. The molecule has 0 aromatic rings. The normalized spacial score (nSPS) is 17.7. The average molecular weight is 265 g/mol. The van der Waals surface area contributed by atoms with Crippen LogP contribution in [0.3, 0.4) is 0 Å². The highest BCUT2D eigenvalue weighted by Gasteiger charge is 2.35. The topological polar surface area (TPSA) is 86.9 Å². The number of hydrogen-bond donors (Lipinski definition) is 2. The summed E-state index contributed by atoms with van der Waals surface area (Å²) in [4.78, 5) is 0. The van der Waals surface area contributed by atoms with Crippen LogP contribution in [0.15, 0.2) is 0 Å². The largest absolute Gasteiger partial charge is 0.395 e. The lowest BCUT2D eigenvalue weighted by atomic mass is 9.93. The molecule has 0 heterocycles. The van der Waals surface area contributed by atoms with Crippen molar-refractivity contribution in [2.24, 2.45) is 5.73 Å². The van der Waals surface area contributed by atoms with Gasteiger partial charge in [-0.3, -0.25) is 0 Å². The fourth-order valence-electron chi connectivity index (χ4n) is 1.87. The lowest BCUT2D eigenvalue weighted by Gasteiger charge is -2.38. The SMILES string of the molecule is CN(CCCN)S(=O)(=O)N(CCO)C1CCC1. The first-order chi connectivity index (χ1) is 8.04. The van der Waals surface area contributed by atoms with Crippen molar-refractivity contribution in [2.45, 2.75) is 31.7 Å². The van der Waals surface area contributed by atoms with Crippen molar-refractivity contribution >= 4 is 10.2 Å². The van der Waals surface area contributed by atoms with E-state index in [0.29, 0.717) is 19.5 Å². The van der Waals surface area contributed by atoms with Crippen LogP contribution in [0.4, 0.5) is 0 Å². The highest BCUT2D eigenvalue weighted by atomic mass is 32.2. The van der Waals surface area contributed by atoms with Gasteiger partial charge in [0.15, 0.2) is 0 Å². The van der Waals surface area contributed by atoms with Gasteiger partial charge in [0.2, 0.25) is 0 Å². The molecular weight excluding hydrogens is 242 g/mol. The van der Waals surface area contributed by atoms with E-state index in [0.717, 1.165) is 19.3 Å². The Labute approximate surface area is 104 Å². The molecule has 7 heteroatoms. The zero-order chi connectivity index (χ0) is 12.9. The van der Waals surface area contributed by atoms with Crippen LogP contribution in [-0.2, 0) is 10.2 Å². The molecule has 0 unspecified atom stereocenters. The summed E-state index contributed by atoms with van der Waals surface area (Å²) in [6.07, 6.45) is 3.50. The van der Waals surface area contributed by atoms with Crippen LogP contribution in [0.1, 0.15) is 25.7 Å². The van der Waals surface area contributed by atoms with Gasteiger partial charge in [0.1, 0.15) is 0 Å². The Balaban J connectivity index is 2.68. The Morgan fingerprint density at radius 1 is 1.35 bits per heavy atom. The number of aliphatic hydroxyl groups excluding tert-OH is 1. The number of nitrogens with zero attached hydrogens (tertiary/aromatic N) is 2. The summed E-state index contributed by atoms with van der Waals surface area (Å²) in [6, 6.07) is 0.0625. The van der Waals surface area contributed by atoms with Crippen LogP contribution < -0.4 is 5.73 Å². The van der Waals surface area contributed by atoms with Gasteiger partial charge in [-0.15, -0.1) is 0 Å². The predicted molar refractivity (Wildman–Crippen MR) is 66.7 cm³/mol. The van der Waals surface area contributed by atoms with Gasteiger partial charge in [-0.1, -0.05) is 6.42 Å². The van der Waals surface area contributed by atoms with E-state index in [1.165, 1.54) is 8.61 Å². The molecule has 6 nitrogen and oxygen atoms in total. The lowest BCUT2D eigenvalue weighted by Crippen LogP contribution is -2.51. The van der Waals surface area contributed by atoms with Crippen molar-refractivity contribution in [3.8, 4) is 0 Å². The van der Waals surface area contributed by atoms with E-state index in [1.54, 1.807) is 7.05 Å². The van der Waals surface area contributed by atoms with Crippen molar-refractivity contribution in [3.05, 3.63) is 0 Å². The second kappa shape index (κ2) is 6.65. The first-order valence-electron chi connectivity index (χ1n) is 6.08. The summed E-state index contributed by atoms with van der Waals surface area (Å²) < 4.78 is 27.3. The molecule has 1 aliphatic rings. The Kier molecular flexibility index (Phi) is 5.81. The van der Waals surface area contributed by atoms with Crippen LogP contribution in [0.5, 0.6) is 0 Å². The number of hydrogen-bond acceptors (Lipinski definition) is 4. The van der Waals surface area contributed by atoms with Crippen molar-refractivity contribution in [3.63, 3.8) is 0 Å². The van der Waals surface area contributed by atoms with E-state index >= 15 is 0 Å². The Bertz CT molecular complexity index is 317. The van der Waals surface area contributed by atoms with E-state index in [9.17, 15) is 8.42 Å². The smallest absolute Gasteiger partial charge is 0.282 e. The number of aliphatic hydroxyl groups is 1. The molecule has 0 amide bonds. The molecule has 1 saturated carbocycles. The molecule has 0 aliphatic heterocycles. The maximum absolute atomic E-state index is 12.3. The highest BCUT2D eigenvalue weighted by molar-refractivity contribution is 7.86. The Morgan fingerprint density at radius 3 is 2.41 bits per heavy atom. The molecule has 17 heavy (non-hydrogen) atoms.